The monoisotopic (exact) mass is 338 g/mol. The molecular formula is C18H27FN2O3. The normalized spacial score (nSPS) is 18.8. The summed E-state index contributed by atoms with van der Waals surface area (Å²) in [6.07, 6.45) is 0.938. The van der Waals surface area contributed by atoms with Crippen LogP contribution in [0.25, 0.3) is 0 Å². The van der Waals surface area contributed by atoms with Crippen LogP contribution >= 0.6 is 0 Å². The van der Waals surface area contributed by atoms with Crippen molar-refractivity contribution in [3.05, 3.63) is 30.1 Å². The standard InChI is InChI=1S/C18H27FN2O3/c1-13-6-8-21(9-7-13)12-16(22)11-20-18(23)14(2)24-17-5-3-4-15(19)10-17/h3-5,10,13-14,16,22H,6-9,11-12H2,1-2H3,(H,20,23). The van der Waals surface area contributed by atoms with Crippen LogP contribution in [0, 0.1) is 11.7 Å². The number of carbonyl (C=O) groups excluding carboxylic acids is 1. The van der Waals surface area contributed by atoms with Gasteiger partial charge in [0.15, 0.2) is 6.10 Å². The second-order valence-corrected chi connectivity index (χ2v) is 6.60. The smallest absolute Gasteiger partial charge is 0.260 e. The van der Waals surface area contributed by atoms with Crippen LogP contribution in [0.2, 0.25) is 0 Å². The number of piperidine rings is 1. The SMILES string of the molecule is CC1CCN(CC(O)CNC(=O)C(C)Oc2cccc(F)c2)CC1. The Kier molecular flexibility index (Phi) is 6.99. The predicted molar refractivity (Wildman–Crippen MR) is 90.3 cm³/mol. The van der Waals surface area contributed by atoms with Gasteiger partial charge in [-0.2, -0.15) is 0 Å². The summed E-state index contributed by atoms with van der Waals surface area (Å²) in [5.74, 6) is 0.316. The van der Waals surface area contributed by atoms with Crippen LogP contribution in [0.3, 0.4) is 0 Å². The van der Waals surface area contributed by atoms with Crippen molar-refractivity contribution >= 4 is 5.91 Å². The number of aliphatic hydroxyl groups excluding tert-OH is 1. The van der Waals surface area contributed by atoms with E-state index in [1.54, 1.807) is 13.0 Å². The summed E-state index contributed by atoms with van der Waals surface area (Å²) in [5.41, 5.74) is 0. The van der Waals surface area contributed by atoms with Crippen LogP contribution in [0.1, 0.15) is 26.7 Å². The molecule has 1 aliphatic heterocycles. The lowest BCUT2D eigenvalue weighted by Crippen LogP contribution is -2.45. The molecule has 0 aromatic heterocycles. The highest BCUT2D eigenvalue weighted by atomic mass is 19.1. The maximum atomic E-state index is 13.1. The number of benzene rings is 1. The van der Waals surface area contributed by atoms with Crippen molar-refractivity contribution in [2.75, 3.05) is 26.2 Å². The number of ether oxygens (including phenoxy) is 1. The van der Waals surface area contributed by atoms with Crippen LogP contribution in [0.15, 0.2) is 24.3 Å². The number of halogens is 1. The molecule has 0 bridgehead atoms. The van der Waals surface area contributed by atoms with Gasteiger partial charge in [-0.15, -0.1) is 0 Å². The van der Waals surface area contributed by atoms with Gasteiger partial charge in [0.2, 0.25) is 0 Å². The van der Waals surface area contributed by atoms with E-state index in [-0.39, 0.29) is 12.5 Å². The molecule has 2 N–H and O–H groups in total. The number of nitrogens with one attached hydrogen (secondary N) is 1. The van der Waals surface area contributed by atoms with E-state index < -0.39 is 18.0 Å². The third-order valence-corrected chi connectivity index (χ3v) is 4.34. The van der Waals surface area contributed by atoms with Crippen molar-refractivity contribution in [3.63, 3.8) is 0 Å². The molecule has 0 spiro atoms. The minimum atomic E-state index is -0.755. The van der Waals surface area contributed by atoms with E-state index in [0.29, 0.717) is 12.3 Å². The summed E-state index contributed by atoms with van der Waals surface area (Å²) < 4.78 is 18.5. The lowest BCUT2D eigenvalue weighted by molar-refractivity contribution is -0.127. The van der Waals surface area contributed by atoms with E-state index in [1.807, 2.05) is 0 Å². The molecule has 0 saturated carbocycles. The zero-order valence-corrected chi connectivity index (χ0v) is 14.4. The lowest BCUT2D eigenvalue weighted by atomic mass is 9.99. The van der Waals surface area contributed by atoms with Gasteiger partial charge in [0.1, 0.15) is 11.6 Å². The Morgan fingerprint density at radius 2 is 2.17 bits per heavy atom. The molecule has 1 amide bonds. The zero-order valence-electron chi connectivity index (χ0n) is 14.4. The molecule has 1 aromatic carbocycles. The highest BCUT2D eigenvalue weighted by molar-refractivity contribution is 5.80. The predicted octanol–water partition coefficient (Wildman–Crippen LogP) is 1.80. The van der Waals surface area contributed by atoms with Gasteiger partial charge in [-0.3, -0.25) is 4.79 Å². The van der Waals surface area contributed by atoms with Gasteiger partial charge in [0, 0.05) is 19.2 Å². The van der Waals surface area contributed by atoms with Gasteiger partial charge in [-0.25, -0.2) is 4.39 Å². The molecule has 0 radical (unpaired) electrons. The van der Waals surface area contributed by atoms with Gasteiger partial charge in [0.05, 0.1) is 6.10 Å². The van der Waals surface area contributed by atoms with E-state index in [2.05, 4.69) is 17.1 Å². The fourth-order valence-electron chi connectivity index (χ4n) is 2.77. The minimum Gasteiger partial charge on any atom is -0.481 e. The van der Waals surface area contributed by atoms with Gasteiger partial charge in [-0.05, 0) is 50.9 Å². The van der Waals surface area contributed by atoms with Crippen molar-refractivity contribution in [3.8, 4) is 5.75 Å². The number of hydrogen-bond donors (Lipinski definition) is 2. The highest BCUT2D eigenvalue weighted by Gasteiger charge is 2.20. The molecule has 6 heteroatoms. The molecule has 24 heavy (non-hydrogen) atoms. The van der Waals surface area contributed by atoms with Gasteiger partial charge >= 0.3 is 0 Å². The Labute approximate surface area is 142 Å². The lowest BCUT2D eigenvalue weighted by Gasteiger charge is -2.31. The molecule has 2 atom stereocenters. The highest BCUT2D eigenvalue weighted by Crippen LogP contribution is 2.16. The van der Waals surface area contributed by atoms with Crippen molar-refractivity contribution in [2.24, 2.45) is 5.92 Å². The largest absolute Gasteiger partial charge is 0.481 e. The third kappa shape index (κ3) is 6.09. The number of likely N-dealkylation sites (tertiary alicyclic amines) is 1. The Morgan fingerprint density at radius 1 is 1.46 bits per heavy atom. The number of aliphatic hydroxyl groups is 1. The molecular weight excluding hydrogens is 311 g/mol. The number of rotatable bonds is 7. The maximum Gasteiger partial charge on any atom is 0.260 e. The Hall–Kier alpha value is -1.66. The Bertz CT molecular complexity index is 533. The molecule has 2 rings (SSSR count). The van der Waals surface area contributed by atoms with Gasteiger partial charge < -0.3 is 20.1 Å². The quantitative estimate of drug-likeness (QED) is 0.796. The molecule has 1 saturated heterocycles. The van der Waals surface area contributed by atoms with Crippen molar-refractivity contribution in [1.29, 1.82) is 0 Å². The summed E-state index contributed by atoms with van der Waals surface area (Å²) in [5, 5.41) is 12.8. The molecule has 1 aromatic rings. The summed E-state index contributed by atoms with van der Waals surface area (Å²) in [6.45, 7) is 6.57. The van der Waals surface area contributed by atoms with Gasteiger partial charge in [-0.1, -0.05) is 13.0 Å². The van der Waals surface area contributed by atoms with Crippen LogP contribution in [0.5, 0.6) is 5.75 Å². The van der Waals surface area contributed by atoms with E-state index in [1.165, 1.54) is 18.2 Å². The number of carbonyl (C=O) groups is 1. The molecule has 1 fully saturated rings. The van der Waals surface area contributed by atoms with E-state index in [9.17, 15) is 14.3 Å². The molecule has 134 valence electrons. The minimum absolute atomic E-state index is 0.182. The second-order valence-electron chi connectivity index (χ2n) is 6.60. The number of amides is 1. The third-order valence-electron chi connectivity index (χ3n) is 4.34. The second kappa shape index (κ2) is 8.99. The maximum absolute atomic E-state index is 13.1. The molecule has 2 unspecified atom stereocenters. The zero-order chi connectivity index (χ0) is 17.5. The first-order chi connectivity index (χ1) is 11.4. The fourth-order valence-corrected chi connectivity index (χ4v) is 2.77. The van der Waals surface area contributed by atoms with E-state index in [0.717, 1.165) is 31.8 Å². The molecule has 1 aliphatic rings. The summed E-state index contributed by atoms with van der Waals surface area (Å²) in [4.78, 5) is 14.2. The van der Waals surface area contributed by atoms with Gasteiger partial charge in [0.25, 0.3) is 5.91 Å². The summed E-state index contributed by atoms with van der Waals surface area (Å²) in [6, 6.07) is 5.67. The topological polar surface area (TPSA) is 61.8 Å². The number of β-amino-alcohol motifs (C(OH)–C–C–N with tert-alkyl or cyclic N) is 1. The Morgan fingerprint density at radius 3 is 2.83 bits per heavy atom. The van der Waals surface area contributed by atoms with Crippen molar-refractivity contribution in [2.45, 2.75) is 38.9 Å². The summed E-state index contributed by atoms with van der Waals surface area (Å²) >= 11 is 0. The van der Waals surface area contributed by atoms with Crippen LogP contribution < -0.4 is 10.1 Å². The van der Waals surface area contributed by atoms with E-state index in [4.69, 9.17) is 4.74 Å². The first-order valence-corrected chi connectivity index (χ1v) is 8.54. The van der Waals surface area contributed by atoms with Crippen LogP contribution in [0.4, 0.5) is 4.39 Å². The fraction of sp³-hybridized carbons (Fsp3) is 0.611. The van der Waals surface area contributed by atoms with Crippen LogP contribution in [-0.4, -0.2) is 54.3 Å². The van der Waals surface area contributed by atoms with Crippen molar-refractivity contribution < 1.29 is 19.0 Å². The molecule has 1 heterocycles. The van der Waals surface area contributed by atoms with Crippen LogP contribution in [-0.2, 0) is 4.79 Å². The van der Waals surface area contributed by atoms with Crippen molar-refractivity contribution in [1.82, 2.24) is 10.2 Å². The first kappa shape index (κ1) is 18.7. The summed E-state index contributed by atoms with van der Waals surface area (Å²) in [7, 11) is 0. The Balaban J connectivity index is 1.69. The molecule has 5 nitrogen and oxygen atoms in total. The number of nitrogens with zero attached hydrogens (tertiary/aromatic N) is 1. The molecule has 0 aliphatic carbocycles. The van der Waals surface area contributed by atoms with E-state index >= 15 is 0 Å². The average Bonchev–Trinajstić information content (AvgIpc) is 2.54. The number of hydrogen-bond acceptors (Lipinski definition) is 4. The first-order valence-electron chi connectivity index (χ1n) is 8.54. The average molecular weight is 338 g/mol.